The van der Waals surface area contributed by atoms with Gasteiger partial charge in [-0.25, -0.2) is 0 Å². The Labute approximate surface area is 151 Å². The lowest BCUT2D eigenvalue weighted by molar-refractivity contribution is -0.134. The fraction of sp³-hybridized carbons (Fsp3) is 0.882. The van der Waals surface area contributed by atoms with Crippen LogP contribution in [-0.2, 0) is 9.59 Å². The number of halogens is 1. The van der Waals surface area contributed by atoms with Crippen molar-refractivity contribution in [2.24, 2.45) is 5.73 Å². The van der Waals surface area contributed by atoms with Gasteiger partial charge < -0.3 is 16.0 Å². The van der Waals surface area contributed by atoms with Crippen molar-refractivity contribution in [3.05, 3.63) is 0 Å². The van der Waals surface area contributed by atoms with Gasteiger partial charge in [0.05, 0.1) is 12.6 Å². The Morgan fingerprint density at radius 1 is 1.12 bits per heavy atom. The summed E-state index contributed by atoms with van der Waals surface area (Å²) >= 11 is 0. The van der Waals surface area contributed by atoms with Gasteiger partial charge in [-0.05, 0) is 19.3 Å². The van der Waals surface area contributed by atoms with Gasteiger partial charge in [0.2, 0.25) is 11.8 Å². The highest BCUT2D eigenvalue weighted by Gasteiger charge is 2.26. The molecular formula is C17H33ClN4O2. The highest BCUT2D eigenvalue weighted by Crippen LogP contribution is 2.17. The number of piperazine rings is 1. The summed E-state index contributed by atoms with van der Waals surface area (Å²) in [7, 11) is 0. The fourth-order valence-electron chi connectivity index (χ4n) is 3.52. The summed E-state index contributed by atoms with van der Waals surface area (Å²) in [6.45, 7) is 5.33. The van der Waals surface area contributed by atoms with Crippen LogP contribution < -0.4 is 11.1 Å². The molecule has 0 aromatic heterocycles. The van der Waals surface area contributed by atoms with E-state index in [4.69, 9.17) is 5.73 Å². The Hall–Kier alpha value is -0.850. The first kappa shape index (κ1) is 21.2. The molecule has 140 valence electrons. The van der Waals surface area contributed by atoms with Gasteiger partial charge in [-0.2, -0.15) is 0 Å². The van der Waals surface area contributed by atoms with Crippen LogP contribution in [0.1, 0.15) is 51.9 Å². The number of carbonyl (C=O) groups is 2. The van der Waals surface area contributed by atoms with Crippen molar-refractivity contribution in [1.82, 2.24) is 15.1 Å². The van der Waals surface area contributed by atoms with E-state index in [9.17, 15) is 9.59 Å². The minimum Gasteiger partial charge on any atom is -0.352 e. The summed E-state index contributed by atoms with van der Waals surface area (Å²) in [4.78, 5) is 28.3. The number of rotatable bonds is 6. The monoisotopic (exact) mass is 360 g/mol. The SMILES string of the molecule is CCCC(N)C(=O)N1CCN(CC(=O)NC2CCCCC2)CC1.Cl. The Morgan fingerprint density at radius 2 is 1.75 bits per heavy atom. The average Bonchev–Trinajstić information content (AvgIpc) is 2.56. The average molecular weight is 361 g/mol. The normalized spacial score (nSPS) is 21.0. The third-order valence-electron chi connectivity index (χ3n) is 4.94. The molecule has 0 spiro atoms. The Kier molecular flexibility index (Phi) is 9.63. The lowest BCUT2D eigenvalue weighted by atomic mass is 9.95. The molecule has 2 amide bonds. The minimum atomic E-state index is -0.374. The van der Waals surface area contributed by atoms with E-state index in [2.05, 4.69) is 10.2 Å². The minimum absolute atomic E-state index is 0. The fourth-order valence-corrected chi connectivity index (χ4v) is 3.52. The van der Waals surface area contributed by atoms with Crippen LogP contribution in [0, 0.1) is 0 Å². The van der Waals surface area contributed by atoms with Gasteiger partial charge in [0.25, 0.3) is 0 Å². The summed E-state index contributed by atoms with van der Waals surface area (Å²) in [6.07, 6.45) is 7.64. The number of nitrogens with two attached hydrogens (primary N) is 1. The molecular weight excluding hydrogens is 328 g/mol. The molecule has 6 nitrogen and oxygen atoms in total. The third-order valence-corrected chi connectivity index (χ3v) is 4.94. The third kappa shape index (κ3) is 6.57. The molecule has 1 heterocycles. The zero-order valence-electron chi connectivity index (χ0n) is 14.8. The molecule has 1 unspecified atom stereocenters. The highest BCUT2D eigenvalue weighted by molar-refractivity contribution is 5.85. The Morgan fingerprint density at radius 3 is 2.33 bits per heavy atom. The Bertz CT molecular complexity index is 394. The molecule has 0 radical (unpaired) electrons. The first-order valence-electron chi connectivity index (χ1n) is 9.16. The quantitative estimate of drug-likeness (QED) is 0.744. The van der Waals surface area contributed by atoms with Crippen molar-refractivity contribution in [2.75, 3.05) is 32.7 Å². The lowest BCUT2D eigenvalue weighted by Gasteiger charge is -2.35. The van der Waals surface area contributed by atoms with Gasteiger partial charge in [-0.1, -0.05) is 32.6 Å². The van der Waals surface area contributed by atoms with E-state index in [1.54, 1.807) is 0 Å². The van der Waals surface area contributed by atoms with Crippen LogP contribution in [0.2, 0.25) is 0 Å². The molecule has 2 rings (SSSR count). The molecule has 3 N–H and O–H groups in total. The summed E-state index contributed by atoms with van der Waals surface area (Å²) in [5.74, 6) is 0.178. The van der Waals surface area contributed by atoms with Crippen molar-refractivity contribution >= 4 is 24.2 Å². The smallest absolute Gasteiger partial charge is 0.239 e. The number of hydrogen-bond acceptors (Lipinski definition) is 4. The summed E-state index contributed by atoms with van der Waals surface area (Å²) in [5.41, 5.74) is 5.91. The van der Waals surface area contributed by atoms with Crippen LogP contribution in [0.25, 0.3) is 0 Å². The molecule has 1 saturated heterocycles. The van der Waals surface area contributed by atoms with E-state index in [0.717, 1.165) is 38.8 Å². The summed E-state index contributed by atoms with van der Waals surface area (Å²) < 4.78 is 0. The van der Waals surface area contributed by atoms with Gasteiger partial charge in [0.15, 0.2) is 0 Å². The van der Waals surface area contributed by atoms with Crippen LogP contribution in [0.3, 0.4) is 0 Å². The van der Waals surface area contributed by atoms with E-state index >= 15 is 0 Å². The number of carbonyl (C=O) groups excluding carboxylic acids is 2. The molecule has 24 heavy (non-hydrogen) atoms. The van der Waals surface area contributed by atoms with Gasteiger partial charge in [-0.3, -0.25) is 14.5 Å². The summed E-state index contributed by atoms with van der Waals surface area (Å²) in [6, 6.07) is -0.00712. The number of hydrogen-bond donors (Lipinski definition) is 2. The Balaban J connectivity index is 0.00000288. The molecule has 2 fully saturated rings. The molecule has 1 aliphatic carbocycles. The van der Waals surface area contributed by atoms with Crippen LogP contribution in [0.5, 0.6) is 0 Å². The second-order valence-corrected chi connectivity index (χ2v) is 6.90. The molecule has 0 aromatic rings. The standard InChI is InChI=1S/C17H32N4O2.ClH/c1-2-6-15(18)17(23)21-11-9-20(10-12-21)13-16(22)19-14-7-4-3-5-8-14;/h14-15H,2-13,18H2,1H3,(H,19,22);1H. The molecule has 2 aliphatic rings. The van der Waals surface area contributed by atoms with E-state index in [0.29, 0.717) is 25.7 Å². The van der Waals surface area contributed by atoms with Crippen molar-refractivity contribution < 1.29 is 9.59 Å². The van der Waals surface area contributed by atoms with E-state index in [1.165, 1.54) is 19.3 Å². The molecule has 1 saturated carbocycles. The van der Waals surface area contributed by atoms with Crippen LogP contribution in [-0.4, -0.2) is 66.4 Å². The van der Waals surface area contributed by atoms with Crippen LogP contribution >= 0.6 is 12.4 Å². The first-order valence-corrected chi connectivity index (χ1v) is 9.16. The predicted octanol–water partition coefficient (Wildman–Crippen LogP) is 1.13. The maximum Gasteiger partial charge on any atom is 0.239 e. The summed E-state index contributed by atoms with van der Waals surface area (Å²) in [5, 5.41) is 3.15. The molecule has 7 heteroatoms. The predicted molar refractivity (Wildman–Crippen MR) is 98.2 cm³/mol. The molecule has 1 aliphatic heterocycles. The van der Waals surface area contributed by atoms with Gasteiger partial charge in [-0.15, -0.1) is 12.4 Å². The van der Waals surface area contributed by atoms with E-state index in [-0.39, 0.29) is 30.3 Å². The van der Waals surface area contributed by atoms with Gasteiger partial charge >= 0.3 is 0 Å². The van der Waals surface area contributed by atoms with Crippen molar-refractivity contribution in [1.29, 1.82) is 0 Å². The largest absolute Gasteiger partial charge is 0.352 e. The van der Waals surface area contributed by atoms with Crippen molar-refractivity contribution in [2.45, 2.75) is 64.0 Å². The number of nitrogens with one attached hydrogen (secondary N) is 1. The zero-order valence-corrected chi connectivity index (χ0v) is 15.7. The van der Waals surface area contributed by atoms with E-state index < -0.39 is 0 Å². The highest BCUT2D eigenvalue weighted by atomic mass is 35.5. The molecule has 0 aromatic carbocycles. The zero-order chi connectivity index (χ0) is 16.7. The van der Waals surface area contributed by atoms with Crippen LogP contribution in [0.15, 0.2) is 0 Å². The lowest BCUT2D eigenvalue weighted by Crippen LogP contribution is -2.54. The number of nitrogens with zero attached hydrogens (tertiary/aromatic N) is 2. The first-order chi connectivity index (χ1) is 11.1. The van der Waals surface area contributed by atoms with E-state index in [1.807, 2.05) is 11.8 Å². The van der Waals surface area contributed by atoms with Crippen LogP contribution in [0.4, 0.5) is 0 Å². The second kappa shape index (κ2) is 10.9. The van der Waals surface area contributed by atoms with Gasteiger partial charge in [0.1, 0.15) is 0 Å². The topological polar surface area (TPSA) is 78.7 Å². The number of amides is 2. The van der Waals surface area contributed by atoms with Crippen molar-refractivity contribution in [3.8, 4) is 0 Å². The maximum absolute atomic E-state index is 12.2. The molecule has 0 bridgehead atoms. The van der Waals surface area contributed by atoms with Gasteiger partial charge in [0, 0.05) is 32.2 Å². The van der Waals surface area contributed by atoms with Crippen molar-refractivity contribution in [3.63, 3.8) is 0 Å². The maximum atomic E-state index is 12.2. The molecule has 1 atom stereocenters. The second-order valence-electron chi connectivity index (χ2n) is 6.90.